The summed E-state index contributed by atoms with van der Waals surface area (Å²) < 4.78 is 0. The number of fused-ring (bicyclic) bond motifs is 1. The molecule has 1 aliphatic heterocycles. The van der Waals surface area contributed by atoms with Crippen molar-refractivity contribution in [3.63, 3.8) is 0 Å². The Labute approximate surface area is 126 Å². The average molecular weight is 288 g/mol. The van der Waals surface area contributed by atoms with Gasteiger partial charge in [0.1, 0.15) is 0 Å². The highest BCUT2D eigenvalue weighted by Gasteiger charge is 2.23. The first-order valence-electron chi connectivity index (χ1n) is 7.56. The van der Waals surface area contributed by atoms with Gasteiger partial charge in [0.05, 0.1) is 0 Å². The van der Waals surface area contributed by atoms with Gasteiger partial charge in [-0.3, -0.25) is 9.59 Å². The Hall–Kier alpha value is -1.84. The number of carbonyl (C=O) groups excluding carboxylic acids is 2. The molecule has 0 fully saturated rings. The van der Waals surface area contributed by atoms with Crippen LogP contribution < -0.4 is 10.2 Å². The zero-order chi connectivity index (χ0) is 15.5. The third-order valence-electron chi connectivity index (χ3n) is 3.72. The van der Waals surface area contributed by atoms with Gasteiger partial charge < -0.3 is 10.2 Å². The molecule has 0 aromatic heterocycles. The van der Waals surface area contributed by atoms with Crippen LogP contribution >= 0.6 is 0 Å². The smallest absolute Gasteiger partial charge is 0.228 e. The van der Waals surface area contributed by atoms with E-state index in [9.17, 15) is 9.59 Å². The van der Waals surface area contributed by atoms with Gasteiger partial charge in [-0.25, -0.2) is 0 Å². The van der Waals surface area contributed by atoms with Crippen molar-refractivity contribution in [2.45, 2.75) is 40.0 Å². The van der Waals surface area contributed by atoms with E-state index in [0.717, 1.165) is 25.1 Å². The van der Waals surface area contributed by atoms with Gasteiger partial charge >= 0.3 is 0 Å². The van der Waals surface area contributed by atoms with E-state index in [-0.39, 0.29) is 11.8 Å². The number of carbonyl (C=O) groups is 2. The Bertz CT molecular complexity index is 532. The lowest BCUT2D eigenvalue weighted by Crippen LogP contribution is -2.40. The first kappa shape index (κ1) is 15.5. The maximum Gasteiger partial charge on any atom is 0.228 e. The number of nitrogens with one attached hydrogen (secondary N) is 1. The number of amides is 2. The van der Waals surface area contributed by atoms with Crippen LogP contribution in [-0.4, -0.2) is 24.9 Å². The number of para-hydroxylation sites is 1. The third-order valence-corrected chi connectivity index (χ3v) is 3.72. The van der Waals surface area contributed by atoms with Crippen molar-refractivity contribution in [3.05, 3.63) is 29.8 Å². The van der Waals surface area contributed by atoms with Gasteiger partial charge in [0, 0.05) is 30.6 Å². The topological polar surface area (TPSA) is 49.4 Å². The van der Waals surface area contributed by atoms with Crippen molar-refractivity contribution < 1.29 is 9.59 Å². The second-order valence-corrected chi connectivity index (χ2v) is 6.53. The lowest BCUT2D eigenvalue weighted by molar-refractivity contribution is -0.128. The Morgan fingerprint density at radius 1 is 1.24 bits per heavy atom. The minimum atomic E-state index is -0.416. The fourth-order valence-corrected chi connectivity index (χ4v) is 2.48. The fraction of sp³-hybridized carbons (Fsp3) is 0.529. The normalized spacial score (nSPS) is 14.5. The molecule has 0 saturated heterocycles. The summed E-state index contributed by atoms with van der Waals surface area (Å²) in [5, 5.41) is 2.83. The van der Waals surface area contributed by atoms with Gasteiger partial charge in [0.2, 0.25) is 11.8 Å². The Morgan fingerprint density at radius 3 is 2.67 bits per heavy atom. The monoisotopic (exact) mass is 288 g/mol. The van der Waals surface area contributed by atoms with Crippen molar-refractivity contribution in [1.29, 1.82) is 0 Å². The molecule has 0 unspecified atom stereocenters. The maximum atomic E-state index is 12.4. The van der Waals surface area contributed by atoms with Gasteiger partial charge in [-0.15, -0.1) is 0 Å². The summed E-state index contributed by atoms with van der Waals surface area (Å²) in [6, 6.07) is 8.05. The molecule has 1 aromatic carbocycles. The van der Waals surface area contributed by atoms with Crippen molar-refractivity contribution in [1.82, 2.24) is 5.32 Å². The quantitative estimate of drug-likeness (QED) is 0.929. The van der Waals surface area contributed by atoms with E-state index in [1.807, 2.05) is 43.9 Å². The second-order valence-electron chi connectivity index (χ2n) is 6.53. The average Bonchev–Trinajstić information content (AvgIpc) is 2.45. The molecule has 0 bridgehead atoms. The molecule has 0 aliphatic carbocycles. The molecule has 1 aliphatic rings. The molecule has 21 heavy (non-hydrogen) atoms. The van der Waals surface area contributed by atoms with Crippen molar-refractivity contribution >= 4 is 17.5 Å². The Morgan fingerprint density at radius 2 is 1.95 bits per heavy atom. The van der Waals surface area contributed by atoms with E-state index in [4.69, 9.17) is 0 Å². The molecule has 0 spiro atoms. The predicted molar refractivity (Wildman–Crippen MR) is 84.2 cm³/mol. The van der Waals surface area contributed by atoms with Crippen LogP contribution in [0.4, 0.5) is 5.69 Å². The summed E-state index contributed by atoms with van der Waals surface area (Å²) in [5.41, 5.74) is 1.84. The summed E-state index contributed by atoms with van der Waals surface area (Å²) in [6.45, 7) is 6.76. The minimum absolute atomic E-state index is 0.0191. The largest absolute Gasteiger partial charge is 0.355 e. The van der Waals surface area contributed by atoms with Crippen molar-refractivity contribution in [2.24, 2.45) is 5.41 Å². The highest BCUT2D eigenvalue weighted by molar-refractivity contribution is 5.95. The molecule has 2 amide bonds. The van der Waals surface area contributed by atoms with Gasteiger partial charge in [-0.1, -0.05) is 39.0 Å². The first-order chi connectivity index (χ1) is 9.89. The van der Waals surface area contributed by atoms with Gasteiger partial charge in [0.15, 0.2) is 0 Å². The molecule has 4 heteroatoms. The van der Waals surface area contributed by atoms with Crippen molar-refractivity contribution in [2.75, 3.05) is 18.0 Å². The molecule has 4 nitrogen and oxygen atoms in total. The maximum absolute atomic E-state index is 12.4. The fourth-order valence-electron chi connectivity index (χ4n) is 2.48. The highest BCUT2D eigenvalue weighted by Crippen LogP contribution is 2.27. The first-order valence-corrected chi connectivity index (χ1v) is 7.56. The molecule has 114 valence electrons. The predicted octanol–water partition coefficient (Wildman–Crippen LogP) is 2.52. The molecule has 1 N–H and O–H groups in total. The molecule has 0 radical (unpaired) electrons. The summed E-state index contributed by atoms with van der Waals surface area (Å²) in [5.74, 6) is 0.0608. The summed E-state index contributed by atoms with van der Waals surface area (Å²) in [7, 11) is 0. The zero-order valence-electron chi connectivity index (χ0n) is 13.1. The summed E-state index contributed by atoms with van der Waals surface area (Å²) in [4.78, 5) is 26.0. The van der Waals surface area contributed by atoms with Crippen LogP contribution in [-0.2, 0) is 16.0 Å². The van der Waals surface area contributed by atoms with Crippen LogP contribution in [0.2, 0.25) is 0 Å². The van der Waals surface area contributed by atoms with Crippen LogP contribution in [0.3, 0.4) is 0 Å². The van der Waals surface area contributed by atoms with Crippen LogP contribution in [0.25, 0.3) is 0 Å². The molecule has 1 aromatic rings. The zero-order valence-corrected chi connectivity index (χ0v) is 13.1. The van der Waals surface area contributed by atoms with E-state index in [1.54, 1.807) is 0 Å². The SMILES string of the molecule is CC(C)(C)C(=O)NCCC(=O)N1CCCc2ccccc21. The summed E-state index contributed by atoms with van der Waals surface area (Å²) >= 11 is 0. The molecule has 1 heterocycles. The van der Waals surface area contributed by atoms with Crippen LogP contribution in [0.15, 0.2) is 24.3 Å². The molecule has 0 saturated carbocycles. The van der Waals surface area contributed by atoms with Gasteiger partial charge in [0.25, 0.3) is 0 Å². The Balaban J connectivity index is 1.92. The Kier molecular flexibility index (Phi) is 4.66. The lowest BCUT2D eigenvalue weighted by atomic mass is 9.96. The van der Waals surface area contributed by atoms with E-state index in [2.05, 4.69) is 11.4 Å². The number of anilines is 1. The number of rotatable bonds is 3. The van der Waals surface area contributed by atoms with E-state index >= 15 is 0 Å². The van der Waals surface area contributed by atoms with E-state index in [1.165, 1.54) is 5.56 Å². The van der Waals surface area contributed by atoms with Crippen LogP contribution in [0.1, 0.15) is 39.2 Å². The molecule has 2 rings (SSSR count). The van der Waals surface area contributed by atoms with E-state index < -0.39 is 5.41 Å². The van der Waals surface area contributed by atoms with E-state index in [0.29, 0.717) is 13.0 Å². The standard InChI is InChI=1S/C17H24N2O2/c1-17(2,3)16(21)18-11-10-15(20)19-12-6-8-13-7-4-5-9-14(13)19/h4-5,7,9H,6,8,10-12H2,1-3H3,(H,18,21). The molecular formula is C17H24N2O2. The van der Waals surface area contributed by atoms with Crippen LogP contribution in [0.5, 0.6) is 0 Å². The second kappa shape index (κ2) is 6.29. The number of nitrogens with zero attached hydrogens (tertiary/aromatic N) is 1. The van der Waals surface area contributed by atoms with Gasteiger partial charge in [-0.05, 0) is 24.5 Å². The number of benzene rings is 1. The third kappa shape index (κ3) is 3.84. The molecule has 0 atom stereocenters. The number of hydrogen-bond donors (Lipinski definition) is 1. The minimum Gasteiger partial charge on any atom is -0.355 e. The molecular weight excluding hydrogens is 264 g/mol. The number of hydrogen-bond acceptors (Lipinski definition) is 2. The summed E-state index contributed by atoms with van der Waals surface area (Å²) in [6.07, 6.45) is 2.37. The van der Waals surface area contributed by atoms with Crippen LogP contribution in [0, 0.1) is 5.41 Å². The van der Waals surface area contributed by atoms with Crippen molar-refractivity contribution in [3.8, 4) is 0 Å². The van der Waals surface area contributed by atoms with Gasteiger partial charge in [-0.2, -0.15) is 0 Å². The lowest BCUT2D eigenvalue weighted by Gasteiger charge is -2.29. The highest BCUT2D eigenvalue weighted by atomic mass is 16.2. The number of aryl methyl sites for hydroxylation is 1.